The Bertz CT molecular complexity index is 1580. The van der Waals surface area contributed by atoms with Gasteiger partial charge in [-0.15, -0.1) is 0 Å². The molecule has 16 heteroatoms. The van der Waals surface area contributed by atoms with Gasteiger partial charge in [-0.3, -0.25) is 24.0 Å². The van der Waals surface area contributed by atoms with Crippen LogP contribution in [-0.4, -0.2) is 125 Å². The van der Waals surface area contributed by atoms with Gasteiger partial charge in [-0.25, -0.2) is 14.2 Å². The summed E-state index contributed by atoms with van der Waals surface area (Å²) < 4.78 is 25.0. The molecule has 258 valence electrons. The maximum Gasteiger partial charge on any atom is 0.409 e. The Morgan fingerprint density at radius 3 is 2.38 bits per heavy atom. The lowest BCUT2D eigenvalue weighted by molar-refractivity contribution is -0.149. The van der Waals surface area contributed by atoms with Gasteiger partial charge >= 0.3 is 12.1 Å². The molecule has 1 aliphatic carbocycles. The van der Waals surface area contributed by atoms with Crippen LogP contribution in [0.3, 0.4) is 0 Å². The molecule has 3 heterocycles. The number of nitrogens with one attached hydrogen (secondary N) is 2. The van der Waals surface area contributed by atoms with Gasteiger partial charge < -0.3 is 39.9 Å². The number of carbonyl (C=O) groups is 6. The Kier molecular flexibility index (Phi) is 10.9. The molecule has 2 aliphatic heterocycles. The molecule has 3 N–H and O–H groups in total. The molecule has 3 fully saturated rings. The summed E-state index contributed by atoms with van der Waals surface area (Å²) in [6, 6.07) is 3.16. The molecule has 15 nitrogen and oxygen atoms in total. The van der Waals surface area contributed by atoms with E-state index in [9.17, 15) is 38.3 Å². The predicted molar refractivity (Wildman–Crippen MR) is 166 cm³/mol. The van der Waals surface area contributed by atoms with Crippen LogP contribution in [0.5, 0.6) is 5.75 Å². The van der Waals surface area contributed by atoms with Gasteiger partial charge in [0.2, 0.25) is 11.8 Å². The van der Waals surface area contributed by atoms with Crippen LogP contribution >= 0.6 is 0 Å². The number of pyridine rings is 1. The molecule has 48 heavy (non-hydrogen) atoms. The average molecular weight is 671 g/mol. The largest absolute Gasteiger partial charge is 0.483 e. The number of carboxylic acids is 1. The van der Waals surface area contributed by atoms with Crippen molar-refractivity contribution in [1.29, 1.82) is 0 Å². The first-order valence-electron chi connectivity index (χ1n) is 16.1. The van der Waals surface area contributed by atoms with Crippen molar-refractivity contribution in [2.75, 3.05) is 45.9 Å². The Labute approximate surface area is 275 Å². The van der Waals surface area contributed by atoms with E-state index in [1.807, 2.05) is 0 Å². The van der Waals surface area contributed by atoms with Crippen molar-refractivity contribution in [3.05, 3.63) is 35.8 Å². The van der Waals surface area contributed by atoms with Crippen molar-refractivity contribution in [2.24, 2.45) is 0 Å². The maximum absolute atomic E-state index is 14.2. The van der Waals surface area contributed by atoms with Crippen LogP contribution in [0, 0.1) is 5.82 Å². The molecule has 1 saturated carbocycles. The molecule has 0 unspecified atom stereocenters. The van der Waals surface area contributed by atoms with Crippen LogP contribution in [0.4, 0.5) is 9.18 Å². The molecule has 1 aromatic heterocycles. The van der Waals surface area contributed by atoms with Crippen LogP contribution < -0.4 is 15.4 Å². The summed E-state index contributed by atoms with van der Waals surface area (Å²) in [6.07, 6.45) is 2.31. The second kappa shape index (κ2) is 15.3. The van der Waals surface area contributed by atoms with Gasteiger partial charge in [-0.1, -0.05) is 0 Å². The van der Waals surface area contributed by atoms with Crippen molar-refractivity contribution in [1.82, 2.24) is 30.3 Å². The van der Waals surface area contributed by atoms with Crippen molar-refractivity contribution < 1.29 is 47.7 Å². The number of piperazine rings is 1. The zero-order chi connectivity index (χ0) is 34.4. The third kappa shape index (κ3) is 8.09. The zero-order valence-corrected chi connectivity index (χ0v) is 26.6. The number of hydrogen-bond donors (Lipinski definition) is 3. The standard InChI is InChI=1S/C32H39FN6O9/c1-2-47-32(46)38-14-12-37(13-15-38)31(45)23(8-9-28(41)42)36-29(43)24-17-26(21-16-19(33)6-7-22(21)35-24)48-18-27(40)39-11-10-25(39)30(44)34-20-4-3-5-20/h6-7,16-17,20,23,25H,2-5,8-15,18H2,1H3,(H,34,44)(H,36,43)(H,41,42)/t23-,25-/m0/s1. The highest BCUT2D eigenvalue weighted by Gasteiger charge is 2.39. The maximum atomic E-state index is 14.2. The quantitative estimate of drug-likeness (QED) is 0.297. The highest BCUT2D eigenvalue weighted by molar-refractivity contribution is 5.99. The fraction of sp³-hybridized carbons (Fsp3) is 0.531. The van der Waals surface area contributed by atoms with E-state index >= 15 is 0 Å². The van der Waals surface area contributed by atoms with E-state index in [2.05, 4.69) is 15.6 Å². The van der Waals surface area contributed by atoms with Gasteiger partial charge in [-0.05, 0) is 57.2 Å². The molecule has 0 spiro atoms. The van der Waals surface area contributed by atoms with Crippen molar-refractivity contribution in [3.63, 3.8) is 0 Å². The number of aliphatic carboxylic acids is 1. The van der Waals surface area contributed by atoms with Crippen LogP contribution in [0.25, 0.3) is 10.9 Å². The average Bonchev–Trinajstić information content (AvgIpc) is 3.02. The van der Waals surface area contributed by atoms with Gasteiger partial charge in [0.1, 0.15) is 29.3 Å². The summed E-state index contributed by atoms with van der Waals surface area (Å²) in [4.78, 5) is 84.6. The highest BCUT2D eigenvalue weighted by atomic mass is 19.1. The van der Waals surface area contributed by atoms with Gasteiger partial charge in [0.15, 0.2) is 6.61 Å². The van der Waals surface area contributed by atoms with Gasteiger partial charge in [0.25, 0.3) is 11.8 Å². The Balaban J connectivity index is 1.28. The van der Waals surface area contributed by atoms with E-state index in [1.54, 1.807) is 6.92 Å². The van der Waals surface area contributed by atoms with Crippen LogP contribution in [0.15, 0.2) is 24.3 Å². The first-order valence-corrected chi connectivity index (χ1v) is 16.1. The summed E-state index contributed by atoms with van der Waals surface area (Å²) in [5, 5.41) is 15.0. The van der Waals surface area contributed by atoms with Crippen molar-refractivity contribution in [3.8, 4) is 5.75 Å². The molecule has 2 atom stereocenters. The molecule has 2 saturated heterocycles. The number of benzene rings is 1. The molecule has 0 bridgehead atoms. The smallest absolute Gasteiger partial charge is 0.409 e. The van der Waals surface area contributed by atoms with Crippen molar-refractivity contribution >= 4 is 46.6 Å². The molecule has 5 rings (SSSR count). The summed E-state index contributed by atoms with van der Waals surface area (Å²) in [5.41, 5.74) is -0.0322. The van der Waals surface area contributed by atoms with E-state index in [0.29, 0.717) is 13.0 Å². The number of fused-ring (bicyclic) bond motifs is 1. The minimum absolute atomic E-state index is 0.0162. The van der Waals surface area contributed by atoms with Gasteiger partial charge in [0.05, 0.1) is 12.1 Å². The van der Waals surface area contributed by atoms with E-state index in [-0.39, 0.29) is 73.5 Å². The topological polar surface area (TPSA) is 188 Å². The summed E-state index contributed by atoms with van der Waals surface area (Å²) >= 11 is 0. The van der Waals surface area contributed by atoms with E-state index in [1.165, 1.54) is 26.8 Å². The monoisotopic (exact) mass is 670 g/mol. The normalized spacial score (nSPS) is 18.3. The zero-order valence-electron chi connectivity index (χ0n) is 26.6. The van der Waals surface area contributed by atoms with E-state index in [0.717, 1.165) is 31.4 Å². The number of aromatic nitrogens is 1. The van der Waals surface area contributed by atoms with Crippen LogP contribution in [-0.2, 0) is 23.9 Å². The van der Waals surface area contributed by atoms with E-state index < -0.39 is 60.7 Å². The van der Waals surface area contributed by atoms with E-state index in [4.69, 9.17) is 9.47 Å². The first-order chi connectivity index (χ1) is 23.0. The number of halogens is 1. The summed E-state index contributed by atoms with van der Waals surface area (Å²) in [5.74, 6) is -3.78. The minimum atomic E-state index is -1.23. The molecular weight excluding hydrogens is 631 g/mol. The highest BCUT2D eigenvalue weighted by Crippen LogP contribution is 2.28. The van der Waals surface area contributed by atoms with Gasteiger partial charge in [-0.2, -0.15) is 0 Å². The molecule has 3 aliphatic rings. The summed E-state index contributed by atoms with van der Waals surface area (Å²) in [7, 11) is 0. The number of carbonyl (C=O) groups excluding carboxylic acids is 5. The molecule has 5 amide bonds. The predicted octanol–water partition coefficient (Wildman–Crippen LogP) is 1.29. The number of ether oxygens (including phenoxy) is 2. The lowest BCUT2D eigenvalue weighted by atomic mass is 9.92. The molecular formula is C32H39FN6O9. The molecule has 1 aromatic carbocycles. The van der Waals surface area contributed by atoms with Crippen LogP contribution in [0.1, 0.15) is 55.9 Å². The van der Waals surface area contributed by atoms with Gasteiger partial charge in [0, 0.05) is 56.6 Å². The van der Waals surface area contributed by atoms with Crippen molar-refractivity contribution in [2.45, 2.75) is 63.6 Å². The van der Waals surface area contributed by atoms with Crippen LogP contribution in [0.2, 0.25) is 0 Å². The first kappa shape index (κ1) is 34.3. The third-order valence-electron chi connectivity index (χ3n) is 8.78. The number of amides is 5. The second-order valence-corrected chi connectivity index (χ2v) is 12.0. The SMILES string of the molecule is CCOC(=O)N1CCN(C(=O)[C@H](CCC(=O)O)NC(=O)c2cc(OCC(=O)N3CC[C@H]3C(=O)NC3CCC3)c3cc(F)ccc3n2)CC1. The Morgan fingerprint density at radius 2 is 1.75 bits per heavy atom. The number of hydrogen-bond acceptors (Lipinski definition) is 9. The fourth-order valence-electron chi connectivity index (χ4n) is 5.74. The number of nitrogens with zero attached hydrogens (tertiary/aromatic N) is 4. The number of carboxylic acid groups (broad SMARTS) is 1. The second-order valence-electron chi connectivity index (χ2n) is 12.0. The fourth-order valence-corrected chi connectivity index (χ4v) is 5.74. The molecule has 2 aromatic rings. The third-order valence-corrected chi connectivity index (χ3v) is 8.78. The number of rotatable bonds is 12. The lowest BCUT2D eigenvalue weighted by Gasteiger charge is -2.41. The Hall–Kier alpha value is -5.02. The minimum Gasteiger partial charge on any atom is -0.483 e. The Morgan fingerprint density at radius 1 is 1.02 bits per heavy atom. The molecule has 0 radical (unpaired) electrons. The number of likely N-dealkylation sites (tertiary alicyclic amines) is 1. The summed E-state index contributed by atoms with van der Waals surface area (Å²) in [6.45, 7) is 2.51. The lowest BCUT2D eigenvalue weighted by Crippen LogP contribution is -2.60.